The van der Waals surface area contributed by atoms with Crippen molar-refractivity contribution in [2.45, 2.75) is 32.4 Å². The van der Waals surface area contributed by atoms with Crippen LogP contribution in [0.15, 0.2) is 0 Å². The van der Waals surface area contributed by atoms with E-state index < -0.39 is 12.1 Å². The summed E-state index contributed by atoms with van der Waals surface area (Å²) in [7, 11) is 3.14. The Morgan fingerprint density at radius 1 is 1.55 bits per heavy atom. The number of alkyl halides is 1. The van der Waals surface area contributed by atoms with Crippen LogP contribution in [0.1, 0.15) is 26.2 Å². The molecule has 0 saturated heterocycles. The van der Waals surface area contributed by atoms with E-state index in [1.165, 1.54) is 4.90 Å². The second-order valence-electron chi connectivity index (χ2n) is 2.84. The molecule has 3 heteroatoms. The maximum absolute atomic E-state index is 12.8. The van der Waals surface area contributed by atoms with Crippen molar-refractivity contribution in [3.8, 4) is 0 Å². The van der Waals surface area contributed by atoms with Crippen LogP contribution in [0.4, 0.5) is 4.39 Å². The van der Waals surface area contributed by atoms with Gasteiger partial charge in [0.1, 0.15) is 0 Å². The van der Waals surface area contributed by atoms with Crippen molar-refractivity contribution in [3.05, 3.63) is 0 Å². The van der Waals surface area contributed by atoms with E-state index in [-0.39, 0.29) is 0 Å². The molecule has 0 radical (unpaired) electrons. The lowest BCUT2D eigenvalue weighted by atomic mass is 10.2. The SMILES string of the molecule is CCCCC(F)C(=O)N(C)C. The molecule has 0 aromatic carbocycles. The van der Waals surface area contributed by atoms with Crippen LogP contribution in [0.3, 0.4) is 0 Å². The predicted octanol–water partition coefficient (Wildman–Crippen LogP) is 1.60. The second kappa shape index (κ2) is 5.10. The summed E-state index contributed by atoms with van der Waals surface area (Å²) in [5, 5.41) is 0. The molecule has 0 spiro atoms. The minimum absolute atomic E-state index is 0.355. The minimum Gasteiger partial charge on any atom is -0.346 e. The molecule has 11 heavy (non-hydrogen) atoms. The highest BCUT2D eigenvalue weighted by Crippen LogP contribution is 2.06. The summed E-state index contributed by atoms with van der Waals surface area (Å²) in [4.78, 5) is 12.2. The lowest BCUT2D eigenvalue weighted by molar-refractivity contribution is -0.134. The van der Waals surface area contributed by atoms with E-state index in [2.05, 4.69) is 0 Å². The summed E-state index contributed by atoms with van der Waals surface area (Å²) in [6.07, 6.45) is 0.764. The van der Waals surface area contributed by atoms with Crippen LogP contribution in [0.5, 0.6) is 0 Å². The monoisotopic (exact) mass is 161 g/mol. The zero-order valence-corrected chi connectivity index (χ0v) is 7.43. The average Bonchev–Trinajstić information content (AvgIpc) is 1.98. The molecule has 0 aromatic heterocycles. The van der Waals surface area contributed by atoms with Crippen molar-refractivity contribution in [1.82, 2.24) is 4.90 Å². The minimum atomic E-state index is -1.30. The van der Waals surface area contributed by atoms with Gasteiger partial charge in [-0.25, -0.2) is 4.39 Å². The fourth-order valence-electron chi connectivity index (χ4n) is 0.787. The Labute approximate surface area is 67.4 Å². The summed E-state index contributed by atoms with van der Waals surface area (Å²) in [5.74, 6) is -0.418. The molecule has 0 N–H and O–H groups in total. The van der Waals surface area contributed by atoms with Gasteiger partial charge in [-0.05, 0) is 6.42 Å². The van der Waals surface area contributed by atoms with Gasteiger partial charge in [0.25, 0.3) is 5.91 Å². The van der Waals surface area contributed by atoms with Crippen molar-refractivity contribution in [3.63, 3.8) is 0 Å². The van der Waals surface area contributed by atoms with Gasteiger partial charge >= 0.3 is 0 Å². The molecule has 1 amide bonds. The molecule has 0 fully saturated rings. The lowest BCUT2D eigenvalue weighted by Crippen LogP contribution is -2.30. The number of hydrogen-bond acceptors (Lipinski definition) is 1. The third kappa shape index (κ3) is 3.96. The van der Waals surface area contributed by atoms with Crippen molar-refractivity contribution in [2.75, 3.05) is 14.1 Å². The topological polar surface area (TPSA) is 20.3 Å². The highest BCUT2D eigenvalue weighted by Gasteiger charge is 2.17. The highest BCUT2D eigenvalue weighted by molar-refractivity contribution is 5.80. The Morgan fingerprint density at radius 3 is 2.45 bits per heavy atom. The molecule has 1 unspecified atom stereocenters. The van der Waals surface area contributed by atoms with E-state index in [9.17, 15) is 9.18 Å². The van der Waals surface area contributed by atoms with Crippen LogP contribution in [0.25, 0.3) is 0 Å². The van der Waals surface area contributed by atoms with E-state index in [1.807, 2.05) is 6.92 Å². The normalized spacial score (nSPS) is 12.7. The van der Waals surface area contributed by atoms with Gasteiger partial charge in [0.15, 0.2) is 6.17 Å². The third-order valence-electron chi connectivity index (χ3n) is 1.52. The van der Waals surface area contributed by atoms with Crippen LogP contribution in [-0.4, -0.2) is 31.1 Å². The number of rotatable bonds is 4. The van der Waals surface area contributed by atoms with Gasteiger partial charge in [0.2, 0.25) is 0 Å². The van der Waals surface area contributed by atoms with E-state index >= 15 is 0 Å². The largest absolute Gasteiger partial charge is 0.346 e. The summed E-state index contributed by atoms with van der Waals surface area (Å²) in [6, 6.07) is 0. The molecular formula is C8H16FNO. The number of carbonyl (C=O) groups excluding carboxylic acids is 1. The standard InChI is InChI=1S/C8H16FNO/c1-4-5-6-7(9)8(11)10(2)3/h7H,4-6H2,1-3H3. The highest BCUT2D eigenvalue weighted by atomic mass is 19.1. The molecule has 0 aliphatic carbocycles. The van der Waals surface area contributed by atoms with Crippen LogP contribution in [-0.2, 0) is 4.79 Å². The summed E-state index contributed by atoms with van der Waals surface area (Å²) in [6.45, 7) is 1.98. The Kier molecular flexibility index (Phi) is 4.83. The van der Waals surface area contributed by atoms with Gasteiger partial charge in [-0.1, -0.05) is 19.8 Å². The van der Waals surface area contributed by atoms with Gasteiger partial charge in [0, 0.05) is 14.1 Å². The summed E-state index contributed by atoms with van der Waals surface area (Å²) in [5.41, 5.74) is 0. The van der Waals surface area contributed by atoms with E-state index in [0.717, 1.165) is 12.8 Å². The second-order valence-corrected chi connectivity index (χ2v) is 2.84. The predicted molar refractivity (Wildman–Crippen MR) is 43.1 cm³/mol. The first-order chi connectivity index (χ1) is 5.09. The molecule has 2 nitrogen and oxygen atoms in total. The van der Waals surface area contributed by atoms with Gasteiger partial charge < -0.3 is 4.90 Å². The molecular weight excluding hydrogens is 145 g/mol. The van der Waals surface area contributed by atoms with E-state index in [4.69, 9.17) is 0 Å². The average molecular weight is 161 g/mol. The van der Waals surface area contributed by atoms with Crippen LogP contribution in [0, 0.1) is 0 Å². The number of unbranched alkanes of at least 4 members (excludes halogenated alkanes) is 1. The fourth-order valence-corrected chi connectivity index (χ4v) is 0.787. The third-order valence-corrected chi connectivity index (χ3v) is 1.52. The number of hydrogen-bond donors (Lipinski definition) is 0. The number of amides is 1. The Balaban J connectivity index is 3.64. The zero-order chi connectivity index (χ0) is 8.85. The molecule has 0 rings (SSSR count). The van der Waals surface area contributed by atoms with E-state index in [0.29, 0.717) is 6.42 Å². The van der Waals surface area contributed by atoms with E-state index in [1.54, 1.807) is 14.1 Å². The molecule has 0 saturated carbocycles. The van der Waals surface area contributed by atoms with Crippen LogP contribution < -0.4 is 0 Å². The Hall–Kier alpha value is -0.600. The van der Waals surface area contributed by atoms with Gasteiger partial charge in [-0.15, -0.1) is 0 Å². The zero-order valence-electron chi connectivity index (χ0n) is 7.43. The number of carbonyl (C=O) groups is 1. The number of halogens is 1. The first-order valence-corrected chi connectivity index (χ1v) is 3.94. The quantitative estimate of drug-likeness (QED) is 0.613. The summed E-state index contributed by atoms with van der Waals surface area (Å²) >= 11 is 0. The molecule has 0 aromatic rings. The Morgan fingerprint density at radius 2 is 2.09 bits per heavy atom. The molecule has 66 valence electrons. The maximum atomic E-state index is 12.8. The van der Waals surface area contributed by atoms with Crippen molar-refractivity contribution < 1.29 is 9.18 Å². The fraction of sp³-hybridized carbons (Fsp3) is 0.875. The molecule has 0 heterocycles. The number of nitrogens with zero attached hydrogens (tertiary/aromatic N) is 1. The molecule has 0 aliphatic rings. The lowest BCUT2D eigenvalue weighted by Gasteiger charge is -2.13. The Bertz CT molecular complexity index is 125. The van der Waals surface area contributed by atoms with Crippen molar-refractivity contribution in [2.24, 2.45) is 0 Å². The van der Waals surface area contributed by atoms with Crippen LogP contribution >= 0.6 is 0 Å². The van der Waals surface area contributed by atoms with Crippen LogP contribution in [0.2, 0.25) is 0 Å². The van der Waals surface area contributed by atoms with Gasteiger partial charge in [0.05, 0.1) is 0 Å². The smallest absolute Gasteiger partial charge is 0.256 e. The van der Waals surface area contributed by atoms with Crippen molar-refractivity contribution in [1.29, 1.82) is 0 Å². The van der Waals surface area contributed by atoms with Gasteiger partial charge in [-0.2, -0.15) is 0 Å². The molecule has 0 aliphatic heterocycles. The molecule has 1 atom stereocenters. The van der Waals surface area contributed by atoms with Gasteiger partial charge in [-0.3, -0.25) is 4.79 Å². The summed E-state index contributed by atoms with van der Waals surface area (Å²) < 4.78 is 12.8. The first kappa shape index (κ1) is 10.4. The van der Waals surface area contributed by atoms with Crippen molar-refractivity contribution >= 4 is 5.91 Å². The molecule has 0 bridgehead atoms. The first-order valence-electron chi connectivity index (χ1n) is 3.94. The maximum Gasteiger partial charge on any atom is 0.256 e.